The summed E-state index contributed by atoms with van der Waals surface area (Å²) in [5, 5.41) is 6.70. The molecule has 22 heavy (non-hydrogen) atoms. The summed E-state index contributed by atoms with van der Waals surface area (Å²) < 4.78 is 12.8. The molecule has 4 N–H and O–H groups in total. The lowest BCUT2D eigenvalue weighted by atomic mass is 10.2. The van der Waals surface area contributed by atoms with Gasteiger partial charge in [-0.3, -0.25) is 10.9 Å². The summed E-state index contributed by atoms with van der Waals surface area (Å²) in [5.41, 5.74) is 7.34. The van der Waals surface area contributed by atoms with Crippen LogP contribution in [0.1, 0.15) is 5.56 Å². The second kappa shape index (κ2) is 8.26. The van der Waals surface area contributed by atoms with Crippen molar-refractivity contribution < 1.29 is 4.39 Å². The highest BCUT2D eigenvalue weighted by Crippen LogP contribution is 2.07. The molecule has 0 aromatic heterocycles. The summed E-state index contributed by atoms with van der Waals surface area (Å²) in [6.45, 7) is 0.618. The quantitative estimate of drug-likeness (QED) is 0.511. The van der Waals surface area contributed by atoms with Crippen LogP contribution in [0.25, 0.3) is 0 Å². The maximum absolute atomic E-state index is 12.8. The van der Waals surface area contributed by atoms with Gasteiger partial charge in [-0.15, -0.1) is 0 Å². The number of hydrogen-bond donors (Lipinski definition) is 4. The predicted octanol–water partition coefficient (Wildman–Crippen LogP) is 2.69. The lowest BCUT2D eigenvalue weighted by Crippen LogP contribution is -2.47. The van der Waals surface area contributed by atoms with Crippen LogP contribution in [-0.2, 0) is 6.54 Å². The summed E-state index contributed by atoms with van der Waals surface area (Å²) in [7, 11) is 0. The highest BCUT2D eigenvalue weighted by molar-refractivity contribution is 7.80. The minimum Gasteiger partial charge on any atom is -0.357 e. The molecule has 0 heterocycles. The van der Waals surface area contributed by atoms with E-state index in [0.717, 1.165) is 5.56 Å². The zero-order valence-corrected chi connectivity index (χ0v) is 13.2. The van der Waals surface area contributed by atoms with Crippen molar-refractivity contribution in [1.82, 2.24) is 16.2 Å². The van der Waals surface area contributed by atoms with Gasteiger partial charge in [0, 0.05) is 12.2 Å². The number of halogens is 1. The minimum absolute atomic E-state index is 0.297. The highest BCUT2D eigenvalue weighted by atomic mass is 32.1. The van der Waals surface area contributed by atoms with E-state index in [4.69, 9.17) is 24.4 Å². The van der Waals surface area contributed by atoms with E-state index in [1.165, 1.54) is 12.1 Å². The smallest absolute Gasteiger partial charge is 0.189 e. The van der Waals surface area contributed by atoms with E-state index in [1.54, 1.807) is 12.1 Å². The Labute approximate surface area is 139 Å². The second-order valence-corrected chi connectivity index (χ2v) is 5.20. The zero-order valence-electron chi connectivity index (χ0n) is 11.6. The molecule has 2 aromatic rings. The molecule has 2 rings (SSSR count). The van der Waals surface area contributed by atoms with Crippen molar-refractivity contribution in [2.75, 3.05) is 5.32 Å². The first kappa shape index (κ1) is 16.1. The molecule has 2 aromatic carbocycles. The van der Waals surface area contributed by atoms with Gasteiger partial charge in [0.25, 0.3) is 0 Å². The standard InChI is InChI=1S/C15H15FN4S2/c16-12-6-8-13(9-7-12)18-15(22)20-19-14(21)17-10-11-4-2-1-3-5-11/h1-9H,10H2,(H2,17,19,21)(H2,18,20,22). The molecule has 0 atom stereocenters. The Kier molecular flexibility index (Phi) is 6.05. The van der Waals surface area contributed by atoms with Crippen molar-refractivity contribution in [3.8, 4) is 0 Å². The van der Waals surface area contributed by atoms with Crippen molar-refractivity contribution in [2.24, 2.45) is 0 Å². The van der Waals surface area contributed by atoms with E-state index >= 15 is 0 Å². The molecule has 0 unspecified atom stereocenters. The van der Waals surface area contributed by atoms with Crippen LogP contribution in [0.15, 0.2) is 54.6 Å². The largest absolute Gasteiger partial charge is 0.357 e. The molecular formula is C15H15FN4S2. The van der Waals surface area contributed by atoms with Gasteiger partial charge in [0.05, 0.1) is 0 Å². The van der Waals surface area contributed by atoms with Crippen LogP contribution in [0.4, 0.5) is 10.1 Å². The molecule has 0 spiro atoms. The van der Waals surface area contributed by atoms with Crippen molar-refractivity contribution in [2.45, 2.75) is 6.54 Å². The van der Waals surface area contributed by atoms with Gasteiger partial charge >= 0.3 is 0 Å². The lowest BCUT2D eigenvalue weighted by Gasteiger charge is -2.14. The van der Waals surface area contributed by atoms with Gasteiger partial charge in [-0.05, 0) is 54.3 Å². The fourth-order valence-corrected chi connectivity index (χ4v) is 1.92. The molecule has 4 nitrogen and oxygen atoms in total. The molecular weight excluding hydrogens is 319 g/mol. The molecule has 0 saturated heterocycles. The van der Waals surface area contributed by atoms with Crippen LogP contribution in [0.5, 0.6) is 0 Å². The van der Waals surface area contributed by atoms with E-state index in [2.05, 4.69) is 21.5 Å². The van der Waals surface area contributed by atoms with Crippen LogP contribution in [0, 0.1) is 5.82 Å². The molecule has 114 valence electrons. The number of rotatable bonds is 3. The number of benzene rings is 2. The third-order valence-electron chi connectivity index (χ3n) is 2.69. The molecule has 0 saturated carbocycles. The maximum Gasteiger partial charge on any atom is 0.189 e. The number of hydrazine groups is 1. The van der Waals surface area contributed by atoms with Gasteiger partial charge in [0.15, 0.2) is 10.2 Å². The van der Waals surface area contributed by atoms with E-state index in [1.807, 2.05) is 30.3 Å². The Morgan fingerprint density at radius 1 is 0.864 bits per heavy atom. The van der Waals surface area contributed by atoms with E-state index in [9.17, 15) is 4.39 Å². The van der Waals surface area contributed by atoms with Crippen molar-refractivity contribution in [3.63, 3.8) is 0 Å². The van der Waals surface area contributed by atoms with Gasteiger partial charge in [0.1, 0.15) is 5.82 Å². The lowest BCUT2D eigenvalue weighted by molar-refractivity contribution is 0.628. The summed E-state index contributed by atoms with van der Waals surface area (Å²) >= 11 is 10.2. The summed E-state index contributed by atoms with van der Waals surface area (Å²) in [6.07, 6.45) is 0. The summed E-state index contributed by atoms with van der Waals surface area (Å²) in [5.74, 6) is -0.297. The number of anilines is 1. The van der Waals surface area contributed by atoms with Gasteiger partial charge < -0.3 is 10.6 Å². The predicted molar refractivity (Wildman–Crippen MR) is 94.8 cm³/mol. The average Bonchev–Trinajstić information content (AvgIpc) is 2.54. The Balaban J connectivity index is 1.69. The van der Waals surface area contributed by atoms with Gasteiger partial charge in [-0.1, -0.05) is 30.3 Å². The molecule has 0 fully saturated rings. The Morgan fingerprint density at radius 2 is 1.50 bits per heavy atom. The molecule has 0 aliphatic rings. The third kappa shape index (κ3) is 5.63. The van der Waals surface area contributed by atoms with Crippen LogP contribution < -0.4 is 21.5 Å². The molecule has 0 radical (unpaired) electrons. The van der Waals surface area contributed by atoms with Crippen molar-refractivity contribution in [3.05, 3.63) is 66.0 Å². The van der Waals surface area contributed by atoms with Crippen LogP contribution in [0.2, 0.25) is 0 Å². The number of nitrogens with one attached hydrogen (secondary N) is 4. The van der Waals surface area contributed by atoms with Crippen LogP contribution in [-0.4, -0.2) is 10.2 Å². The average molecular weight is 334 g/mol. The first-order valence-corrected chi connectivity index (χ1v) is 7.35. The minimum atomic E-state index is -0.297. The number of thiocarbonyl (C=S) groups is 2. The Bertz CT molecular complexity index is 632. The summed E-state index contributed by atoms with van der Waals surface area (Å²) in [4.78, 5) is 0. The van der Waals surface area contributed by atoms with Gasteiger partial charge in [-0.2, -0.15) is 0 Å². The Hall–Kier alpha value is -2.25. The molecule has 0 aliphatic carbocycles. The zero-order chi connectivity index (χ0) is 15.8. The van der Waals surface area contributed by atoms with Crippen LogP contribution in [0.3, 0.4) is 0 Å². The van der Waals surface area contributed by atoms with E-state index < -0.39 is 0 Å². The normalized spacial score (nSPS) is 9.68. The van der Waals surface area contributed by atoms with Gasteiger partial charge in [-0.25, -0.2) is 4.39 Å². The monoisotopic (exact) mass is 334 g/mol. The molecule has 0 aliphatic heterocycles. The third-order valence-corrected chi connectivity index (χ3v) is 3.14. The summed E-state index contributed by atoms with van der Waals surface area (Å²) in [6, 6.07) is 15.8. The fraction of sp³-hybridized carbons (Fsp3) is 0.0667. The van der Waals surface area contributed by atoms with Gasteiger partial charge in [0.2, 0.25) is 0 Å². The fourth-order valence-electron chi connectivity index (χ4n) is 1.63. The molecule has 7 heteroatoms. The van der Waals surface area contributed by atoms with E-state index in [-0.39, 0.29) is 5.82 Å². The van der Waals surface area contributed by atoms with Crippen molar-refractivity contribution in [1.29, 1.82) is 0 Å². The van der Waals surface area contributed by atoms with E-state index in [0.29, 0.717) is 22.5 Å². The SMILES string of the molecule is Fc1ccc(NC(=S)NNC(=S)NCc2ccccc2)cc1. The second-order valence-electron chi connectivity index (χ2n) is 4.38. The number of hydrogen-bond acceptors (Lipinski definition) is 2. The van der Waals surface area contributed by atoms with Crippen LogP contribution >= 0.6 is 24.4 Å². The topological polar surface area (TPSA) is 48.1 Å². The Morgan fingerprint density at radius 3 is 2.18 bits per heavy atom. The first-order chi connectivity index (χ1) is 10.6. The molecule has 0 bridgehead atoms. The molecule has 0 amide bonds. The van der Waals surface area contributed by atoms with Crippen molar-refractivity contribution >= 4 is 40.3 Å². The first-order valence-electron chi connectivity index (χ1n) is 6.54. The maximum atomic E-state index is 12.8. The highest BCUT2D eigenvalue weighted by Gasteiger charge is 1.99.